The molecule has 2 aromatic rings. The molecule has 1 unspecified atom stereocenters. The Morgan fingerprint density at radius 3 is 2.77 bits per heavy atom. The first-order valence-corrected chi connectivity index (χ1v) is 7.25. The standard InChI is InChI=1S/C16H17N3O3/c1-11-10-14(22-18-11)16(21)19-9-5-8-13(19)15(20)17-12-6-3-2-4-7-12/h2-4,6-7,10,13H,5,8-9H2,1H3,(H,17,20). The monoisotopic (exact) mass is 299 g/mol. The van der Waals surface area contributed by atoms with Crippen molar-refractivity contribution < 1.29 is 14.1 Å². The molecular formula is C16H17N3O3. The van der Waals surface area contributed by atoms with Crippen molar-refractivity contribution in [2.45, 2.75) is 25.8 Å². The summed E-state index contributed by atoms with van der Waals surface area (Å²) < 4.78 is 5.01. The van der Waals surface area contributed by atoms with Gasteiger partial charge in [0, 0.05) is 18.3 Å². The number of aromatic nitrogens is 1. The van der Waals surface area contributed by atoms with Crippen LogP contribution in [0.2, 0.25) is 0 Å². The highest BCUT2D eigenvalue weighted by molar-refractivity contribution is 6.00. The number of amides is 2. The van der Waals surface area contributed by atoms with Crippen LogP contribution in [-0.4, -0.2) is 34.5 Å². The van der Waals surface area contributed by atoms with Crippen molar-refractivity contribution >= 4 is 17.5 Å². The van der Waals surface area contributed by atoms with Crippen LogP contribution in [0.3, 0.4) is 0 Å². The zero-order valence-corrected chi connectivity index (χ0v) is 12.3. The van der Waals surface area contributed by atoms with Crippen molar-refractivity contribution in [3.05, 3.63) is 47.9 Å². The zero-order chi connectivity index (χ0) is 15.5. The SMILES string of the molecule is Cc1cc(C(=O)N2CCCC2C(=O)Nc2ccccc2)on1. The molecule has 0 spiro atoms. The van der Waals surface area contributed by atoms with E-state index in [1.807, 2.05) is 30.3 Å². The van der Waals surface area contributed by atoms with Gasteiger partial charge in [-0.2, -0.15) is 0 Å². The van der Waals surface area contributed by atoms with Gasteiger partial charge in [0.25, 0.3) is 5.91 Å². The molecule has 3 rings (SSSR count). The van der Waals surface area contributed by atoms with Gasteiger partial charge in [0.2, 0.25) is 11.7 Å². The molecule has 1 aromatic carbocycles. The van der Waals surface area contributed by atoms with Gasteiger partial charge in [-0.1, -0.05) is 23.4 Å². The average molecular weight is 299 g/mol. The molecular weight excluding hydrogens is 282 g/mol. The van der Waals surface area contributed by atoms with Gasteiger partial charge < -0.3 is 14.7 Å². The molecule has 1 fully saturated rings. The summed E-state index contributed by atoms with van der Waals surface area (Å²) in [4.78, 5) is 26.4. The molecule has 1 N–H and O–H groups in total. The predicted octanol–water partition coefficient (Wildman–Crippen LogP) is 2.23. The van der Waals surface area contributed by atoms with Crippen LogP contribution < -0.4 is 5.32 Å². The van der Waals surface area contributed by atoms with E-state index in [1.165, 1.54) is 0 Å². The summed E-state index contributed by atoms with van der Waals surface area (Å²) in [6.45, 7) is 2.30. The molecule has 0 radical (unpaired) electrons. The minimum Gasteiger partial charge on any atom is -0.351 e. The third-order valence-electron chi connectivity index (χ3n) is 3.70. The smallest absolute Gasteiger partial charge is 0.293 e. The van der Waals surface area contributed by atoms with E-state index in [9.17, 15) is 9.59 Å². The second-order valence-electron chi connectivity index (χ2n) is 5.34. The highest BCUT2D eigenvalue weighted by Gasteiger charge is 2.36. The summed E-state index contributed by atoms with van der Waals surface area (Å²) in [7, 11) is 0. The molecule has 0 aliphatic carbocycles. The van der Waals surface area contributed by atoms with E-state index in [4.69, 9.17) is 4.52 Å². The van der Waals surface area contributed by atoms with Gasteiger partial charge in [0.05, 0.1) is 5.69 Å². The molecule has 6 nitrogen and oxygen atoms in total. The van der Waals surface area contributed by atoms with E-state index in [2.05, 4.69) is 10.5 Å². The van der Waals surface area contributed by atoms with E-state index in [1.54, 1.807) is 17.9 Å². The third kappa shape index (κ3) is 2.86. The number of carbonyl (C=O) groups is 2. The minimum absolute atomic E-state index is 0.173. The number of hydrogen-bond acceptors (Lipinski definition) is 4. The van der Waals surface area contributed by atoms with Gasteiger partial charge in [-0.15, -0.1) is 0 Å². The minimum atomic E-state index is -0.474. The lowest BCUT2D eigenvalue weighted by Gasteiger charge is -2.22. The zero-order valence-electron chi connectivity index (χ0n) is 12.3. The van der Waals surface area contributed by atoms with Crippen LogP contribution in [0.5, 0.6) is 0 Å². The normalized spacial score (nSPS) is 17.5. The second kappa shape index (κ2) is 6.01. The molecule has 114 valence electrons. The fourth-order valence-corrected chi connectivity index (χ4v) is 2.64. The number of carbonyl (C=O) groups excluding carboxylic acids is 2. The number of benzene rings is 1. The Hall–Kier alpha value is -2.63. The van der Waals surface area contributed by atoms with Crippen LogP contribution in [0.1, 0.15) is 29.1 Å². The molecule has 1 atom stereocenters. The Labute approximate surface area is 128 Å². The molecule has 6 heteroatoms. The fourth-order valence-electron chi connectivity index (χ4n) is 2.64. The van der Waals surface area contributed by atoms with Gasteiger partial charge in [-0.05, 0) is 31.9 Å². The number of aryl methyl sites for hydroxylation is 1. The van der Waals surface area contributed by atoms with Crippen molar-refractivity contribution in [3.63, 3.8) is 0 Å². The van der Waals surface area contributed by atoms with Gasteiger partial charge in [0.15, 0.2) is 0 Å². The van der Waals surface area contributed by atoms with Gasteiger partial charge in [-0.3, -0.25) is 9.59 Å². The van der Waals surface area contributed by atoms with Crippen LogP contribution in [0.15, 0.2) is 40.9 Å². The van der Waals surface area contributed by atoms with Crippen molar-refractivity contribution in [2.75, 3.05) is 11.9 Å². The molecule has 0 saturated carbocycles. The molecule has 2 heterocycles. The van der Waals surface area contributed by atoms with Crippen molar-refractivity contribution in [2.24, 2.45) is 0 Å². The predicted molar refractivity (Wildman–Crippen MR) is 80.4 cm³/mol. The molecule has 1 aromatic heterocycles. The Kier molecular flexibility index (Phi) is 3.91. The maximum atomic E-state index is 12.4. The number of anilines is 1. The van der Waals surface area contributed by atoms with E-state index in [0.717, 1.165) is 12.1 Å². The molecule has 22 heavy (non-hydrogen) atoms. The third-order valence-corrected chi connectivity index (χ3v) is 3.70. The summed E-state index contributed by atoms with van der Waals surface area (Å²) >= 11 is 0. The lowest BCUT2D eigenvalue weighted by molar-refractivity contribution is -0.119. The number of nitrogens with one attached hydrogen (secondary N) is 1. The van der Waals surface area contributed by atoms with E-state index >= 15 is 0 Å². The maximum Gasteiger partial charge on any atom is 0.293 e. The van der Waals surface area contributed by atoms with Crippen LogP contribution in [0.4, 0.5) is 5.69 Å². The Morgan fingerprint density at radius 2 is 2.09 bits per heavy atom. The van der Waals surface area contributed by atoms with E-state index in [-0.39, 0.29) is 17.6 Å². The average Bonchev–Trinajstić information content (AvgIpc) is 3.16. The molecule has 0 bridgehead atoms. The summed E-state index contributed by atoms with van der Waals surface area (Å²) in [5.41, 5.74) is 1.37. The summed E-state index contributed by atoms with van der Waals surface area (Å²) in [6.07, 6.45) is 1.45. The summed E-state index contributed by atoms with van der Waals surface area (Å²) in [5, 5.41) is 6.57. The van der Waals surface area contributed by atoms with Crippen molar-refractivity contribution in [1.82, 2.24) is 10.1 Å². The Bertz CT molecular complexity index is 681. The molecule has 1 aliphatic rings. The van der Waals surface area contributed by atoms with E-state index in [0.29, 0.717) is 18.7 Å². The quantitative estimate of drug-likeness (QED) is 0.943. The van der Waals surface area contributed by atoms with Crippen LogP contribution in [0.25, 0.3) is 0 Å². The van der Waals surface area contributed by atoms with Crippen molar-refractivity contribution in [1.29, 1.82) is 0 Å². The fraction of sp³-hybridized carbons (Fsp3) is 0.312. The van der Waals surface area contributed by atoms with Gasteiger partial charge in [0.1, 0.15) is 6.04 Å². The second-order valence-corrected chi connectivity index (χ2v) is 5.34. The van der Waals surface area contributed by atoms with Gasteiger partial charge in [-0.25, -0.2) is 0 Å². The largest absolute Gasteiger partial charge is 0.351 e. The number of para-hydroxylation sites is 1. The Balaban J connectivity index is 1.72. The molecule has 1 aliphatic heterocycles. The first-order valence-electron chi connectivity index (χ1n) is 7.25. The first kappa shape index (κ1) is 14.3. The molecule has 2 amide bonds. The van der Waals surface area contributed by atoms with E-state index < -0.39 is 6.04 Å². The summed E-state index contributed by atoms with van der Waals surface area (Å²) in [5.74, 6) is -0.281. The Morgan fingerprint density at radius 1 is 1.32 bits per heavy atom. The van der Waals surface area contributed by atoms with Gasteiger partial charge >= 0.3 is 0 Å². The molecule has 1 saturated heterocycles. The van der Waals surface area contributed by atoms with Crippen LogP contribution >= 0.6 is 0 Å². The highest BCUT2D eigenvalue weighted by atomic mass is 16.5. The number of hydrogen-bond donors (Lipinski definition) is 1. The van der Waals surface area contributed by atoms with Crippen LogP contribution in [-0.2, 0) is 4.79 Å². The van der Waals surface area contributed by atoms with Crippen LogP contribution in [0, 0.1) is 6.92 Å². The van der Waals surface area contributed by atoms with Crippen molar-refractivity contribution in [3.8, 4) is 0 Å². The number of likely N-dealkylation sites (tertiary alicyclic amines) is 1. The summed E-state index contributed by atoms with van der Waals surface area (Å²) in [6, 6.07) is 10.3. The topological polar surface area (TPSA) is 75.4 Å². The number of nitrogens with zero attached hydrogens (tertiary/aromatic N) is 2. The first-order chi connectivity index (χ1) is 10.6. The lowest BCUT2D eigenvalue weighted by atomic mass is 10.2. The highest BCUT2D eigenvalue weighted by Crippen LogP contribution is 2.22. The maximum absolute atomic E-state index is 12.4. The number of rotatable bonds is 3. The lowest BCUT2D eigenvalue weighted by Crippen LogP contribution is -2.43.